The number of hydrogen-bond donors (Lipinski definition) is 2. The highest BCUT2D eigenvalue weighted by Crippen LogP contribution is 2.28. The summed E-state index contributed by atoms with van der Waals surface area (Å²) >= 11 is 1.31. The molecule has 1 atom stereocenters. The highest BCUT2D eigenvalue weighted by Gasteiger charge is 2.22. The number of nitrogens with one attached hydrogen (secondary N) is 1. The molecule has 3 N–H and O–H groups in total. The van der Waals surface area contributed by atoms with Crippen LogP contribution in [0.3, 0.4) is 0 Å². The van der Waals surface area contributed by atoms with Crippen LogP contribution < -0.4 is 11.1 Å². The Bertz CT molecular complexity index is 805. The summed E-state index contributed by atoms with van der Waals surface area (Å²) in [7, 11) is 3.29. The fourth-order valence-electron chi connectivity index (χ4n) is 2.67. The molecule has 2 aromatic rings. The van der Waals surface area contributed by atoms with E-state index in [0.717, 1.165) is 24.1 Å². The first-order chi connectivity index (χ1) is 12.0. The molecule has 1 aliphatic rings. The van der Waals surface area contributed by atoms with Gasteiger partial charge in [-0.15, -0.1) is 11.3 Å². The molecule has 1 unspecified atom stereocenters. The molecule has 0 bridgehead atoms. The van der Waals surface area contributed by atoms with Crippen molar-refractivity contribution < 1.29 is 14.3 Å². The van der Waals surface area contributed by atoms with Gasteiger partial charge in [0.15, 0.2) is 5.13 Å². The normalized spacial score (nSPS) is 15.0. The molecule has 1 aromatic carbocycles. The van der Waals surface area contributed by atoms with Crippen molar-refractivity contribution in [2.75, 3.05) is 32.6 Å². The molecule has 0 saturated heterocycles. The predicted molar refractivity (Wildman–Crippen MR) is 96.7 cm³/mol. The third-order valence-corrected chi connectivity index (χ3v) is 4.87. The van der Waals surface area contributed by atoms with Crippen molar-refractivity contribution in [3.63, 3.8) is 0 Å². The summed E-state index contributed by atoms with van der Waals surface area (Å²) in [6, 6.07) is 5.05. The van der Waals surface area contributed by atoms with Crippen molar-refractivity contribution in [2.45, 2.75) is 12.5 Å². The van der Waals surface area contributed by atoms with E-state index in [1.165, 1.54) is 18.4 Å². The van der Waals surface area contributed by atoms with Crippen LogP contribution in [0, 0.1) is 0 Å². The molecule has 0 spiro atoms. The SMILES string of the molecule is COCC(N)C(=O)Nc1nc(-c2ccc3c(c2)C(=O)N(C)CC3)cs1. The number of rotatable bonds is 5. The Morgan fingerprint density at radius 3 is 3.08 bits per heavy atom. The van der Waals surface area contributed by atoms with E-state index >= 15 is 0 Å². The van der Waals surface area contributed by atoms with Gasteiger partial charge in [0.25, 0.3) is 5.91 Å². The van der Waals surface area contributed by atoms with Gasteiger partial charge >= 0.3 is 0 Å². The topological polar surface area (TPSA) is 97.5 Å². The van der Waals surface area contributed by atoms with Crippen molar-refractivity contribution in [3.8, 4) is 11.3 Å². The summed E-state index contributed by atoms with van der Waals surface area (Å²) in [5.41, 5.74) is 9.03. The summed E-state index contributed by atoms with van der Waals surface area (Å²) in [6.45, 7) is 0.879. The van der Waals surface area contributed by atoms with Crippen LogP contribution in [0.4, 0.5) is 5.13 Å². The molecule has 0 fully saturated rings. The van der Waals surface area contributed by atoms with Crippen LogP contribution in [0.15, 0.2) is 23.6 Å². The average molecular weight is 360 g/mol. The highest BCUT2D eigenvalue weighted by molar-refractivity contribution is 7.14. The van der Waals surface area contributed by atoms with Crippen LogP contribution >= 0.6 is 11.3 Å². The highest BCUT2D eigenvalue weighted by atomic mass is 32.1. The van der Waals surface area contributed by atoms with Crippen LogP contribution in [0.5, 0.6) is 0 Å². The summed E-state index contributed by atoms with van der Waals surface area (Å²) in [6.07, 6.45) is 0.855. The lowest BCUT2D eigenvalue weighted by molar-refractivity contribution is -0.118. The lowest BCUT2D eigenvalue weighted by Gasteiger charge is -2.25. The standard InChI is InChI=1S/C17H20N4O3S/c1-21-6-5-10-3-4-11(7-12(10)16(21)23)14-9-25-17(19-14)20-15(22)13(18)8-24-2/h3-4,7,9,13H,5-6,8,18H2,1-2H3,(H,19,20,22). The third kappa shape index (κ3) is 3.71. The molecule has 0 radical (unpaired) electrons. The Kier molecular flexibility index (Phi) is 5.12. The van der Waals surface area contributed by atoms with Crippen LogP contribution in [-0.4, -0.2) is 55.0 Å². The molecule has 7 nitrogen and oxygen atoms in total. The van der Waals surface area contributed by atoms with Gasteiger partial charge in [-0.1, -0.05) is 12.1 Å². The fourth-order valence-corrected chi connectivity index (χ4v) is 3.39. The van der Waals surface area contributed by atoms with Crippen LogP contribution in [0.1, 0.15) is 15.9 Å². The Hall–Kier alpha value is -2.29. The predicted octanol–water partition coefficient (Wildman–Crippen LogP) is 1.35. The van der Waals surface area contributed by atoms with Crippen molar-refractivity contribution >= 4 is 28.3 Å². The maximum Gasteiger partial charge on any atom is 0.253 e. The van der Waals surface area contributed by atoms with Crippen molar-refractivity contribution in [2.24, 2.45) is 5.73 Å². The number of aromatic nitrogens is 1. The minimum atomic E-state index is -0.741. The summed E-state index contributed by atoms with van der Waals surface area (Å²) in [4.78, 5) is 30.4. The van der Waals surface area contributed by atoms with Gasteiger partial charge < -0.3 is 20.7 Å². The van der Waals surface area contributed by atoms with E-state index in [4.69, 9.17) is 10.5 Å². The second-order valence-electron chi connectivity index (χ2n) is 5.94. The molecule has 2 heterocycles. The number of benzene rings is 1. The van der Waals surface area contributed by atoms with Gasteiger partial charge in [-0.05, 0) is 18.1 Å². The lowest BCUT2D eigenvalue weighted by Crippen LogP contribution is -2.39. The van der Waals surface area contributed by atoms with Crippen LogP contribution in [0.25, 0.3) is 11.3 Å². The van der Waals surface area contributed by atoms with E-state index in [1.54, 1.807) is 11.9 Å². The van der Waals surface area contributed by atoms with Gasteiger partial charge in [-0.2, -0.15) is 0 Å². The molecule has 1 aromatic heterocycles. The number of nitrogens with two attached hydrogens (primary N) is 1. The number of carbonyl (C=O) groups excluding carboxylic acids is 2. The monoisotopic (exact) mass is 360 g/mol. The first kappa shape index (κ1) is 17.5. The van der Waals surface area contributed by atoms with Gasteiger partial charge in [0.1, 0.15) is 6.04 Å². The second-order valence-corrected chi connectivity index (χ2v) is 6.80. The molecule has 0 saturated carbocycles. The van der Waals surface area contributed by atoms with Gasteiger partial charge in [0.05, 0.1) is 12.3 Å². The zero-order chi connectivity index (χ0) is 18.0. The maximum absolute atomic E-state index is 12.3. The molecule has 2 amide bonds. The largest absolute Gasteiger partial charge is 0.383 e. The first-order valence-corrected chi connectivity index (χ1v) is 8.77. The zero-order valence-electron chi connectivity index (χ0n) is 14.1. The molecule has 25 heavy (non-hydrogen) atoms. The smallest absolute Gasteiger partial charge is 0.253 e. The van der Waals surface area contributed by atoms with E-state index in [1.807, 2.05) is 23.6 Å². The minimum Gasteiger partial charge on any atom is -0.383 e. The molecule has 3 rings (SSSR count). The van der Waals surface area contributed by atoms with E-state index in [2.05, 4.69) is 10.3 Å². The number of carbonyl (C=O) groups is 2. The number of thiazole rings is 1. The number of anilines is 1. The fraction of sp³-hybridized carbons (Fsp3) is 0.353. The minimum absolute atomic E-state index is 0.0254. The average Bonchev–Trinajstić information content (AvgIpc) is 3.06. The Labute approximate surface area is 149 Å². The molecular formula is C17H20N4O3S. The number of amides is 2. The summed E-state index contributed by atoms with van der Waals surface area (Å²) in [5, 5.41) is 4.99. The number of hydrogen-bond acceptors (Lipinski definition) is 6. The molecule has 0 aliphatic carbocycles. The Morgan fingerprint density at radius 1 is 1.52 bits per heavy atom. The van der Waals surface area contributed by atoms with Crippen LogP contribution in [-0.2, 0) is 16.0 Å². The third-order valence-electron chi connectivity index (χ3n) is 4.12. The maximum atomic E-state index is 12.3. The quantitative estimate of drug-likeness (QED) is 0.839. The molecule has 1 aliphatic heterocycles. The van der Waals surface area contributed by atoms with Gasteiger partial charge in [0, 0.05) is 37.2 Å². The zero-order valence-corrected chi connectivity index (χ0v) is 14.9. The number of fused-ring (bicyclic) bond motifs is 1. The van der Waals surface area contributed by atoms with Crippen molar-refractivity contribution in [1.82, 2.24) is 9.88 Å². The van der Waals surface area contributed by atoms with E-state index < -0.39 is 6.04 Å². The number of nitrogens with zero attached hydrogens (tertiary/aromatic N) is 2. The van der Waals surface area contributed by atoms with E-state index in [-0.39, 0.29) is 18.4 Å². The number of ether oxygens (including phenoxy) is 1. The molecular weight excluding hydrogens is 340 g/mol. The first-order valence-electron chi connectivity index (χ1n) is 7.89. The summed E-state index contributed by atoms with van der Waals surface area (Å²) < 4.78 is 4.87. The number of likely N-dealkylation sites (N-methyl/N-ethyl adjacent to an activating group) is 1. The lowest BCUT2D eigenvalue weighted by atomic mass is 9.96. The molecule has 132 valence electrons. The second kappa shape index (κ2) is 7.30. The van der Waals surface area contributed by atoms with E-state index in [0.29, 0.717) is 16.4 Å². The Balaban J connectivity index is 1.79. The molecule has 8 heteroatoms. The van der Waals surface area contributed by atoms with Gasteiger partial charge in [-0.3, -0.25) is 9.59 Å². The Morgan fingerprint density at radius 2 is 2.32 bits per heavy atom. The van der Waals surface area contributed by atoms with Crippen LogP contribution in [0.2, 0.25) is 0 Å². The van der Waals surface area contributed by atoms with Gasteiger partial charge in [-0.25, -0.2) is 4.98 Å². The number of methoxy groups -OCH3 is 1. The van der Waals surface area contributed by atoms with Gasteiger partial charge in [0.2, 0.25) is 5.91 Å². The van der Waals surface area contributed by atoms with E-state index in [9.17, 15) is 9.59 Å². The van der Waals surface area contributed by atoms with Crippen molar-refractivity contribution in [3.05, 3.63) is 34.7 Å². The van der Waals surface area contributed by atoms with Crippen molar-refractivity contribution in [1.29, 1.82) is 0 Å². The summed E-state index contributed by atoms with van der Waals surface area (Å²) in [5.74, 6) is -0.317.